The molecule has 1 saturated heterocycles. The van der Waals surface area contributed by atoms with Gasteiger partial charge in [0.25, 0.3) is 0 Å². The smallest absolute Gasteiger partial charge is 0.321 e. The number of rotatable bonds is 1. The number of hydrogen-bond acceptors (Lipinski definition) is 2. The van der Waals surface area contributed by atoms with Gasteiger partial charge in [-0.05, 0) is 74.2 Å². The first-order valence-electron chi connectivity index (χ1n) is 10.3. The predicted octanol–water partition coefficient (Wildman–Crippen LogP) is 5.70. The first-order valence-corrected chi connectivity index (χ1v) is 10.7. The molecule has 2 aromatic carbocycles. The number of hydrogen-bond donors (Lipinski definition) is 2. The number of aromatic nitrogens is 1. The van der Waals surface area contributed by atoms with Crippen molar-refractivity contribution in [2.45, 2.75) is 32.2 Å². The lowest BCUT2D eigenvalue weighted by Crippen LogP contribution is -2.51. The van der Waals surface area contributed by atoms with Gasteiger partial charge < -0.3 is 20.1 Å². The van der Waals surface area contributed by atoms with Gasteiger partial charge in [0.2, 0.25) is 0 Å². The summed E-state index contributed by atoms with van der Waals surface area (Å²) in [5.41, 5.74) is 6.45. The van der Waals surface area contributed by atoms with Crippen LogP contribution in [0.4, 0.5) is 16.2 Å². The fraction of sp³-hybridized carbons (Fsp3) is 0.292. The largest absolute Gasteiger partial charge is 0.372 e. The van der Waals surface area contributed by atoms with Crippen LogP contribution in [-0.4, -0.2) is 28.6 Å². The lowest BCUT2D eigenvalue weighted by Gasteiger charge is -2.46. The number of benzene rings is 2. The van der Waals surface area contributed by atoms with Crippen molar-refractivity contribution in [3.8, 4) is 5.69 Å². The Kier molecular flexibility index (Phi) is 4.51. The molecular formula is C24H25ClN4O. The molecule has 3 heterocycles. The first kappa shape index (κ1) is 19.1. The molecule has 2 N–H and O–H groups in total. The molecule has 2 aliphatic rings. The maximum Gasteiger partial charge on any atom is 0.321 e. The molecule has 0 atom stereocenters. The lowest BCUT2D eigenvalue weighted by atomic mass is 9.82. The zero-order chi connectivity index (χ0) is 20.9. The molecule has 154 valence electrons. The standard InChI is InChI=1S/C24H25ClN4O/c1-16-5-8-21-20(14-16)27-24(22-4-3-11-29(21)22)9-12-28(13-10-24)23(30)26-19-15-18(25)7-6-17(19)2/h3-8,11,14-15,27H,9-10,12-13H2,1-2H3,(H,26,30). The van der Waals surface area contributed by atoms with Gasteiger partial charge in [-0.3, -0.25) is 0 Å². The molecule has 0 saturated carbocycles. The average Bonchev–Trinajstić information content (AvgIpc) is 3.22. The van der Waals surface area contributed by atoms with Crippen molar-refractivity contribution in [2.75, 3.05) is 23.7 Å². The Hall–Kier alpha value is -2.92. The van der Waals surface area contributed by atoms with Crippen LogP contribution in [0.3, 0.4) is 0 Å². The van der Waals surface area contributed by atoms with Crippen LogP contribution in [0.15, 0.2) is 54.7 Å². The van der Waals surface area contributed by atoms with E-state index in [1.54, 1.807) is 6.07 Å². The number of piperidine rings is 1. The van der Waals surface area contributed by atoms with Crippen molar-refractivity contribution in [1.29, 1.82) is 0 Å². The van der Waals surface area contributed by atoms with Crippen molar-refractivity contribution in [2.24, 2.45) is 0 Å². The number of fused-ring (bicyclic) bond motifs is 4. The number of urea groups is 1. The number of anilines is 2. The molecule has 3 aromatic rings. The van der Waals surface area contributed by atoms with E-state index in [9.17, 15) is 4.79 Å². The second-order valence-electron chi connectivity index (χ2n) is 8.37. The number of nitrogens with one attached hydrogen (secondary N) is 2. The number of aryl methyl sites for hydroxylation is 2. The number of halogens is 1. The predicted molar refractivity (Wildman–Crippen MR) is 122 cm³/mol. The molecule has 2 amide bonds. The monoisotopic (exact) mass is 420 g/mol. The molecule has 5 rings (SSSR count). The van der Waals surface area contributed by atoms with Crippen molar-refractivity contribution in [3.63, 3.8) is 0 Å². The lowest BCUT2D eigenvalue weighted by molar-refractivity contribution is 0.174. The Morgan fingerprint density at radius 3 is 2.70 bits per heavy atom. The zero-order valence-corrected chi connectivity index (χ0v) is 18.0. The van der Waals surface area contributed by atoms with E-state index in [2.05, 4.69) is 58.7 Å². The quantitative estimate of drug-likeness (QED) is 0.530. The minimum absolute atomic E-state index is 0.0716. The summed E-state index contributed by atoms with van der Waals surface area (Å²) in [5.74, 6) is 0. The van der Waals surface area contributed by atoms with Crippen LogP contribution in [-0.2, 0) is 5.54 Å². The van der Waals surface area contributed by atoms with Gasteiger partial charge in [0, 0.05) is 35.7 Å². The molecule has 0 radical (unpaired) electrons. The fourth-order valence-electron chi connectivity index (χ4n) is 4.66. The first-order chi connectivity index (χ1) is 14.4. The van der Waals surface area contributed by atoms with E-state index in [1.165, 1.54) is 16.9 Å². The molecule has 1 aromatic heterocycles. The topological polar surface area (TPSA) is 49.3 Å². The Labute approximate surface area is 181 Å². The highest BCUT2D eigenvalue weighted by molar-refractivity contribution is 6.31. The summed E-state index contributed by atoms with van der Waals surface area (Å²) in [6.45, 7) is 5.46. The molecule has 6 heteroatoms. The normalized spacial score (nSPS) is 16.6. The number of amides is 2. The van der Waals surface area contributed by atoms with Gasteiger partial charge in [-0.1, -0.05) is 23.7 Å². The third kappa shape index (κ3) is 3.14. The van der Waals surface area contributed by atoms with Crippen LogP contribution in [0.2, 0.25) is 5.02 Å². The Balaban J connectivity index is 1.35. The SMILES string of the molecule is Cc1ccc2c(c1)NC1(CCN(C(=O)Nc3cc(Cl)ccc3C)CC1)c1cccn1-2. The second-order valence-corrected chi connectivity index (χ2v) is 8.80. The minimum atomic E-state index is -0.160. The van der Waals surface area contributed by atoms with E-state index in [4.69, 9.17) is 11.6 Å². The second kappa shape index (κ2) is 7.10. The van der Waals surface area contributed by atoms with Crippen LogP contribution in [0.1, 0.15) is 29.7 Å². The maximum absolute atomic E-state index is 12.9. The van der Waals surface area contributed by atoms with Gasteiger partial charge in [-0.2, -0.15) is 0 Å². The summed E-state index contributed by atoms with van der Waals surface area (Å²) in [6.07, 6.45) is 3.84. The highest BCUT2D eigenvalue weighted by Gasteiger charge is 2.42. The average molecular weight is 421 g/mol. The third-order valence-corrected chi connectivity index (χ3v) is 6.61. The maximum atomic E-state index is 12.9. The fourth-order valence-corrected chi connectivity index (χ4v) is 4.83. The molecule has 1 spiro atoms. The highest BCUT2D eigenvalue weighted by atomic mass is 35.5. The molecule has 0 aliphatic carbocycles. The van der Waals surface area contributed by atoms with Crippen LogP contribution in [0.5, 0.6) is 0 Å². The third-order valence-electron chi connectivity index (χ3n) is 6.37. The van der Waals surface area contributed by atoms with Crippen LogP contribution < -0.4 is 10.6 Å². The summed E-state index contributed by atoms with van der Waals surface area (Å²) in [7, 11) is 0. The molecule has 5 nitrogen and oxygen atoms in total. The Bertz CT molecular complexity index is 1130. The number of nitrogens with zero attached hydrogens (tertiary/aromatic N) is 2. The van der Waals surface area contributed by atoms with Gasteiger partial charge in [0.05, 0.1) is 16.9 Å². The van der Waals surface area contributed by atoms with E-state index >= 15 is 0 Å². The van der Waals surface area contributed by atoms with E-state index in [0.29, 0.717) is 18.1 Å². The number of likely N-dealkylation sites (tertiary alicyclic amines) is 1. The summed E-state index contributed by atoms with van der Waals surface area (Å²) >= 11 is 6.10. The zero-order valence-electron chi connectivity index (χ0n) is 17.2. The van der Waals surface area contributed by atoms with Crippen LogP contribution in [0.25, 0.3) is 5.69 Å². The molecule has 0 unspecified atom stereocenters. The molecule has 30 heavy (non-hydrogen) atoms. The van der Waals surface area contributed by atoms with Crippen LogP contribution >= 0.6 is 11.6 Å². The van der Waals surface area contributed by atoms with Crippen molar-refractivity contribution in [1.82, 2.24) is 9.47 Å². The van der Waals surface area contributed by atoms with Gasteiger partial charge in [0.15, 0.2) is 0 Å². The van der Waals surface area contributed by atoms with Crippen molar-refractivity contribution < 1.29 is 4.79 Å². The summed E-state index contributed by atoms with van der Waals surface area (Å²) < 4.78 is 2.29. The summed E-state index contributed by atoms with van der Waals surface area (Å²) in [6, 6.07) is 16.3. The minimum Gasteiger partial charge on any atom is -0.372 e. The Morgan fingerprint density at radius 2 is 1.90 bits per heavy atom. The molecule has 0 bridgehead atoms. The Morgan fingerprint density at radius 1 is 1.10 bits per heavy atom. The van der Waals surface area contributed by atoms with E-state index < -0.39 is 0 Å². The van der Waals surface area contributed by atoms with Gasteiger partial charge in [-0.25, -0.2) is 4.79 Å². The summed E-state index contributed by atoms with van der Waals surface area (Å²) in [4.78, 5) is 14.8. The number of carbonyl (C=O) groups excluding carboxylic acids is 1. The van der Waals surface area contributed by atoms with Gasteiger partial charge >= 0.3 is 6.03 Å². The molecule has 2 aliphatic heterocycles. The summed E-state index contributed by atoms with van der Waals surface area (Å²) in [5, 5.41) is 7.47. The molecule has 1 fully saturated rings. The van der Waals surface area contributed by atoms with E-state index in [1.807, 2.05) is 24.0 Å². The van der Waals surface area contributed by atoms with Gasteiger partial charge in [0.1, 0.15) is 0 Å². The number of carbonyl (C=O) groups is 1. The van der Waals surface area contributed by atoms with E-state index in [0.717, 1.165) is 29.8 Å². The van der Waals surface area contributed by atoms with E-state index in [-0.39, 0.29) is 11.6 Å². The van der Waals surface area contributed by atoms with Crippen LogP contribution in [0, 0.1) is 13.8 Å². The van der Waals surface area contributed by atoms with Crippen molar-refractivity contribution >= 4 is 29.0 Å². The van der Waals surface area contributed by atoms with Gasteiger partial charge in [-0.15, -0.1) is 0 Å². The highest BCUT2D eigenvalue weighted by Crippen LogP contribution is 2.43. The molecular weight excluding hydrogens is 396 g/mol. The van der Waals surface area contributed by atoms with Crippen molar-refractivity contribution in [3.05, 3.63) is 76.6 Å².